The summed E-state index contributed by atoms with van der Waals surface area (Å²) in [6.45, 7) is 5.58. The first-order valence-electron chi connectivity index (χ1n) is 6.55. The maximum Gasteiger partial charge on any atom is 0.275 e. The maximum atomic E-state index is 11.4. The van der Waals surface area contributed by atoms with Gasteiger partial charge in [-0.1, -0.05) is 13.3 Å². The van der Waals surface area contributed by atoms with E-state index >= 15 is 0 Å². The van der Waals surface area contributed by atoms with E-state index in [2.05, 4.69) is 17.2 Å². The van der Waals surface area contributed by atoms with Gasteiger partial charge in [-0.2, -0.15) is 0 Å². The van der Waals surface area contributed by atoms with Crippen molar-refractivity contribution in [1.29, 1.82) is 0 Å². The lowest BCUT2D eigenvalue weighted by Crippen LogP contribution is -2.34. The predicted molar refractivity (Wildman–Crippen MR) is 74.3 cm³/mol. The maximum absolute atomic E-state index is 11.4. The molecule has 0 bridgehead atoms. The van der Waals surface area contributed by atoms with Crippen molar-refractivity contribution in [2.24, 2.45) is 11.8 Å². The molecular formula is C13H21N3OS. The molecule has 18 heavy (non-hydrogen) atoms. The number of carbonyl (C=O) groups excluding carboxylic acids is 1. The van der Waals surface area contributed by atoms with Crippen molar-refractivity contribution < 1.29 is 4.79 Å². The Morgan fingerprint density at radius 3 is 3.17 bits per heavy atom. The molecular weight excluding hydrogens is 246 g/mol. The fourth-order valence-corrected chi connectivity index (χ4v) is 3.46. The van der Waals surface area contributed by atoms with E-state index in [4.69, 9.17) is 5.84 Å². The number of hydrogen-bond donors (Lipinski definition) is 2. The Morgan fingerprint density at radius 2 is 2.44 bits per heavy atom. The van der Waals surface area contributed by atoms with Crippen LogP contribution in [-0.4, -0.2) is 23.9 Å². The number of nitrogens with zero attached hydrogens (tertiary/aromatic N) is 1. The first-order chi connectivity index (χ1) is 8.72. The van der Waals surface area contributed by atoms with Crippen molar-refractivity contribution >= 4 is 17.2 Å². The van der Waals surface area contributed by atoms with Gasteiger partial charge in [0, 0.05) is 18.0 Å². The zero-order valence-electron chi connectivity index (χ0n) is 10.8. The van der Waals surface area contributed by atoms with Crippen LogP contribution in [0.4, 0.5) is 0 Å². The van der Waals surface area contributed by atoms with Crippen LogP contribution in [-0.2, 0) is 6.54 Å². The van der Waals surface area contributed by atoms with E-state index in [1.165, 1.54) is 48.6 Å². The summed E-state index contributed by atoms with van der Waals surface area (Å²) in [6.07, 6.45) is 3.92. The highest BCUT2D eigenvalue weighted by Gasteiger charge is 2.19. The second-order valence-electron chi connectivity index (χ2n) is 4.89. The van der Waals surface area contributed by atoms with Crippen molar-refractivity contribution in [2.75, 3.05) is 13.1 Å². The van der Waals surface area contributed by atoms with Gasteiger partial charge in [-0.25, -0.2) is 5.84 Å². The Bertz CT molecular complexity index is 405. The normalized spacial score (nSPS) is 20.9. The van der Waals surface area contributed by atoms with Crippen molar-refractivity contribution in [2.45, 2.75) is 32.7 Å². The lowest BCUT2D eigenvalue weighted by molar-refractivity contribution is 0.0957. The molecule has 5 heteroatoms. The summed E-state index contributed by atoms with van der Waals surface area (Å²) in [4.78, 5) is 15.8. The molecule has 1 aliphatic heterocycles. The third-order valence-corrected chi connectivity index (χ3v) is 4.65. The van der Waals surface area contributed by atoms with Crippen molar-refractivity contribution in [3.63, 3.8) is 0 Å². The van der Waals surface area contributed by atoms with Crippen LogP contribution in [0.25, 0.3) is 0 Å². The molecule has 0 aromatic carbocycles. The number of hydrogen-bond acceptors (Lipinski definition) is 4. The summed E-state index contributed by atoms with van der Waals surface area (Å²) in [5, 5.41) is 0. The number of carbonyl (C=O) groups is 1. The highest BCUT2D eigenvalue weighted by atomic mass is 32.1. The highest BCUT2D eigenvalue weighted by molar-refractivity contribution is 7.14. The monoisotopic (exact) mass is 267 g/mol. The molecule has 1 atom stereocenters. The Morgan fingerprint density at radius 1 is 1.61 bits per heavy atom. The van der Waals surface area contributed by atoms with Crippen LogP contribution in [0, 0.1) is 5.92 Å². The molecule has 1 unspecified atom stereocenters. The fourth-order valence-electron chi connectivity index (χ4n) is 2.50. The van der Waals surface area contributed by atoms with Gasteiger partial charge in [0.25, 0.3) is 5.91 Å². The first kappa shape index (κ1) is 13.5. The lowest BCUT2D eigenvalue weighted by Gasteiger charge is -2.31. The third-order valence-electron chi connectivity index (χ3n) is 3.58. The number of rotatable bonds is 4. The van der Waals surface area contributed by atoms with Gasteiger partial charge in [0.05, 0.1) is 4.88 Å². The summed E-state index contributed by atoms with van der Waals surface area (Å²) in [7, 11) is 0. The molecule has 0 spiro atoms. The van der Waals surface area contributed by atoms with Crippen LogP contribution in [0.5, 0.6) is 0 Å². The average Bonchev–Trinajstić information content (AvgIpc) is 2.86. The molecule has 2 heterocycles. The number of nitrogens with one attached hydrogen (secondary N) is 1. The predicted octanol–water partition coefficient (Wildman–Crippen LogP) is 1.97. The molecule has 1 amide bonds. The summed E-state index contributed by atoms with van der Waals surface area (Å²) in [5.41, 5.74) is 2.17. The minimum absolute atomic E-state index is 0.198. The Hall–Kier alpha value is -0.910. The van der Waals surface area contributed by atoms with Crippen LogP contribution in [0.1, 0.15) is 40.7 Å². The van der Waals surface area contributed by atoms with Gasteiger partial charge in [-0.15, -0.1) is 11.3 Å². The van der Waals surface area contributed by atoms with Gasteiger partial charge in [0.2, 0.25) is 0 Å². The van der Waals surface area contributed by atoms with Gasteiger partial charge >= 0.3 is 0 Å². The standard InChI is InChI=1S/C13H21N3OS/c1-2-10-4-3-7-16(8-10)9-11-5-6-12(18-11)13(17)15-14/h5-6,10H,2-4,7-9,14H2,1H3,(H,15,17). The number of hydrazine groups is 1. The minimum atomic E-state index is -0.198. The third kappa shape index (κ3) is 3.31. The quantitative estimate of drug-likeness (QED) is 0.498. The molecule has 1 aromatic heterocycles. The van der Waals surface area contributed by atoms with E-state index in [1.54, 1.807) is 0 Å². The Kier molecular flexibility index (Phi) is 4.74. The number of nitrogens with two attached hydrogens (primary N) is 1. The Labute approximate surface area is 112 Å². The van der Waals surface area contributed by atoms with Gasteiger partial charge in [0.15, 0.2) is 0 Å². The second kappa shape index (κ2) is 6.31. The fraction of sp³-hybridized carbons (Fsp3) is 0.615. The summed E-state index contributed by atoms with van der Waals surface area (Å²) < 4.78 is 0. The van der Waals surface area contributed by atoms with E-state index in [9.17, 15) is 4.79 Å². The summed E-state index contributed by atoms with van der Waals surface area (Å²) in [6, 6.07) is 3.88. The number of thiophene rings is 1. The molecule has 1 fully saturated rings. The molecule has 1 aliphatic rings. The number of nitrogen functional groups attached to an aromatic ring is 1. The van der Waals surface area contributed by atoms with E-state index in [0.717, 1.165) is 12.5 Å². The van der Waals surface area contributed by atoms with Crippen molar-refractivity contribution in [3.8, 4) is 0 Å². The van der Waals surface area contributed by atoms with Gasteiger partial charge in [0.1, 0.15) is 0 Å². The molecule has 1 saturated heterocycles. The minimum Gasteiger partial charge on any atom is -0.298 e. The summed E-state index contributed by atoms with van der Waals surface area (Å²) >= 11 is 1.53. The molecule has 3 N–H and O–H groups in total. The molecule has 1 aromatic rings. The zero-order valence-corrected chi connectivity index (χ0v) is 11.6. The smallest absolute Gasteiger partial charge is 0.275 e. The number of piperidine rings is 1. The topological polar surface area (TPSA) is 58.4 Å². The van der Waals surface area contributed by atoms with Gasteiger partial charge < -0.3 is 0 Å². The summed E-state index contributed by atoms with van der Waals surface area (Å²) in [5.74, 6) is 5.77. The highest BCUT2D eigenvalue weighted by Crippen LogP contribution is 2.23. The van der Waals surface area contributed by atoms with Crippen LogP contribution in [0.15, 0.2) is 12.1 Å². The Balaban J connectivity index is 1.92. The zero-order chi connectivity index (χ0) is 13.0. The number of likely N-dealkylation sites (tertiary alicyclic amines) is 1. The SMILES string of the molecule is CCC1CCCN(Cc2ccc(C(=O)NN)s2)C1. The van der Waals surface area contributed by atoms with E-state index in [0.29, 0.717) is 4.88 Å². The van der Waals surface area contributed by atoms with E-state index in [-0.39, 0.29) is 5.91 Å². The van der Waals surface area contributed by atoms with E-state index in [1.807, 2.05) is 12.1 Å². The second-order valence-corrected chi connectivity index (χ2v) is 6.06. The van der Waals surface area contributed by atoms with Crippen LogP contribution in [0.2, 0.25) is 0 Å². The molecule has 2 rings (SSSR count). The lowest BCUT2D eigenvalue weighted by atomic mass is 9.96. The number of amides is 1. The van der Waals surface area contributed by atoms with Crippen LogP contribution >= 0.6 is 11.3 Å². The average molecular weight is 267 g/mol. The van der Waals surface area contributed by atoms with Crippen molar-refractivity contribution in [1.82, 2.24) is 10.3 Å². The molecule has 4 nitrogen and oxygen atoms in total. The first-order valence-corrected chi connectivity index (χ1v) is 7.36. The largest absolute Gasteiger partial charge is 0.298 e. The molecule has 0 radical (unpaired) electrons. The molecule has 0 saturated carbocycles. The van der Waals surface area contributed by atoms with Crippen molar-refractivity contribution in [3.05, 3.63) is 21.9 Å². The van der Waals surface area contributed by atoms with E-state index < -0.39 is 0 Å². The molecule has 100 valence electrons. The molecule has 0 aliphatic carbocycles. The van der Waals surface area contributed by atoms with Gasteiger partial charge in [-0.05, 0) is 37.4 Å². The van der Waals surface area contributed by atoms with Gasteiger partial charge in [-0.3, -0.25) is 15.1 Å². The van der Waals surface area contributed by atoms with Crippen LogP contribution < -0.4 is 11.3 Å². The van der Waals surface area contributed by atoms with Crippen LogP contribution in [0.3, 0.4) is 0 Å².